The van der Waals surface area contributed by atoms with Crippen LogP contribution in [0, 0.1) is 17.5 Å². The van der Waals surface area contributed by atoms with E-state index in [2.05, 4.69) is 25.3 Å². The smallest absolute Gasteiger partial charge is 0.235 e. The first-order chi connectivity index (χ1) is 11.1. The molecule has 1 aromatic carbocycles. The fourth-order valence-corrected chi connectivity index (χ4v) is 2.81. The fourth-order valence-electron chi connectivity index (χ4n) is 1.99. The van der Waals surface area contributed by atoms with Gasteiger partial charge in [-0.3, -0.25) is 4.98 Å². The van der Waals surface area contributed by atoms with Gasteiger partial charge in [-0.25, -0.2) is 18.2 Å². The number of aromatic nitrogens is 6. The zero-order valence-electron chi connectivity index (χ0n) is 11.1. The first-order valence-electron chi connectivity index (χ1n) is 6.27. The van der Waals surface area contributed by atoms with E-state index in [9.17, 15) is 13.2 Å². The second kappa shape index (κ2) is 5.09. The predicted molar refractivity (Wildman–Crippen MR) is 75.0 cm³/mol. The van der Waals surface area contributed by atoms with Crippen molar-refractivity contribution in [1.82, 2.24) is 29.8 Å². The molecule has 4 aromatic rings. The Balaban J connectivity index is 1.86. The molecule has 23 heavy (non-hydrogen) atoms. The van der Waals surface area contributed by atoms with Gasteiger partial charge in [0.05, 0.1) is 6.20 Å². The molecule has 0 atom stereocenters. The van der Waals surface area contributed by atoms with Gasteiger partial charge >= 0.3 is 0 Å². The van der Waals surface area contributed by atoms with Gasteiger partial charge in [0.1, 0.15) is 10.7 Å². The van der Waals surface area contributed by atoms with Gasteiger partial charge < -0.3 is 0 Å². The van der Waals surface area contributed by atoms with Crippen LogP contribution in [0.5, 0.6) is 0 Å². The summed E-state index contributed by atoms with van der Waals surface area (Å²) in [7, 11) is 0. The molecule has 0 saturated carbocycles. The van der Waals surface area contributed by atoms with Crippen LogP contribution in [0.3, 0.4) is 0 Å². The quantitative estimate of drug-likeness (QED) is 0.527. The number of benzene rings is 1. The largest absolute Gasteiger partial charge is 0.261 e. The Bertz CT molecular complexity index is 990. The van der Waals surface area contributed by atoms with Gasteiger partial charge in [-0.1, -0.05) is 11.3 Å². The van der Waals surface area contributed by atoms with E-state index in [1.165, 1.54) is 23.1 Å². The standard InChI is InChI=1S/C13H5F3N6S/c14-7-3-6(4-8(15)10(7)16)12-21-22-11(19-20-13(22)23-12)9-5-17-1-2-18-9/h1-5H. The molecule has 114 valence electrons. The average Bonchev–Trinajstić information content (AvgIpc) is 3.13. The van der Waals surface area contributed by atoms with E-state index in [-0.39, 0.29) is 10.6 Å². The third-order valence-corrected chi connectivity index (χ3v) is 3.96. The van der Waals surface area contributed by atoms with Crippen molar-refractivity contribution in [2.24, 2.45) is 0 Å². The summed E-state index contributed by atoms with van der Waals surface area (Å²) in [6.07, 6.45) is 4.50. The van der Waals surface area contributed by atoms with Gasteiger partial charge in [0.2, 0.25) is 10.8 Å². The van der Waals surface area contributed by atoms with E-state index >= 15 is 0 Å². The molecular formula is C13H5F3N6S. The van der Waals surface area contributed by atoms with Crippen molar-refractivity contribution in [2.75, 3.05) is 0 Å². The van der Waals surface area contributed by atoms with E-state index < -0.39 is 17.5 Å². The van der Waals surface area contributed by atoms with Crippen LogP contribution in [-0.2, 0) is 0 Å². The average molecular weight is 334 g/mol. The zero-order chi connectivity index (χ0) is 16.0. The van der Waals surface area contributed by atoms with Crippen LogP contribution in [0.25, 0.3) is 27.1 Å². The molecule has 0 amide bonds. The minimum Gasteiger partial charge on any atom is -0.261 e. The SMILES string of the molecule is Fc1cc(-c2nn3c(-c4cnccn4)nnc3s2)cc(F)c1F. The third kappa shape index (κ3) is 2.23. The molecule has 0 saturated heterocycles. The minimum atomic E-state index is -1.52. The Morgan fingerprint density at radius 3 is 2.48 bits per heavy atom. The highest BCUT2D eigenvalue weighted by atomic mass is 32.1. The van der Waals surface area contributed by atoms with Crippen molar-refractivity contribution >= 4 is 16.3 Å². The molecule has 3 heterocycles. The second-order valence-electron chi connectivity index (χ2n) is 4.47. The zero-order valence-corrected chi connectivity index (χ0v) is 11.9. The van der Waals surface area contributed by atoms with E-state index in [4.69, 9.17) is 0 Å². The van der Waals surface area contributed by atoms with Gasteiger partial charge in [0.25, 0.3) is 0 Å². The molecule has 0 unspecified atom stereocenters. The van der Waals surface area contributed by atoms with E-state index in [0.717, 1.165) is 23.5 Å². The van der Waals surface area contributed by atoms with Crippen LogP contribution in [0.1, 0.15) is 0 Å². The number of halogens is 3. The Kier molecular flexibility index (Phi) is 3.05. The molecule has 0 aliphatic heterocycles. The predicted octanol–water partition coefficient (Wildman–Crippen LogP) is 2.73. The molecule has 0 fully saturated rings. The van der Waals surface area contributed by atoms with Crippen molar-refractivity contribution in [3.63, 3.8) is 0 Å². The summed E-state index contributed by atoms with van der Waals surface area (Å²) in [5.74, 6) is -3.73. The monoisotopic (exact) mass is 334 g/mol. The third-order valence-electron chi connectivity index (χ3n) is 3.01. The first kappa shape index (κ1) is 13.8. The molecule has 0 spiro atoms. The summed E-state index contributed by atoms with van der Waals surface area (Å²) in [6, 6.07) is 1.76. The molecule has 6 nitrogen and oxygen atoms in total. The summed E-state index contributed by atoms with van der Waals surface area (Å²) in [4.78, 5) is 8.45. The molecule has 3 aromatic heterocycles. The number of rotatable bonds is 2. The van der Waals surface area contributed by atoms with Crippen molar-refractivity contribution in [1.29, 1.82) is 0 Å². The first-order valence-corrected chi connectivity index (χ1v) is 7.08. The van der Waals surface area contributed by atoms with E-state index in [1.54, 1.807) is 0 Å². The lowest BCUT2D eigenvalue weighted by molar-refractivity contribution is 0.447. The normalized spacial score (nSPS) is 11.3. The van der Waals surface area contributed by atoms with Crippen LogP contribution in [0.15, 0.2) is 30.7 Å². The summed E-state index contributed by atoms with van der Waals surface area (Å²) in [6.45, 7) is 0. The summed E-state index contributed by atoms with van der Waals surface area (Å²) in [5, 5.41) is 12.4. The highest BCUT2D eigenvalue weighted by molar-refractivity contribution is 7.19. The number of hydrogen-bond acceptors (Lipinski definition) is 6. The topological polar surface area (TPSA) is 68.9 Å². The maximum absolute atomic E-state index is 13.4. The number of hydrogen-bond donors (Lipinski definition) is 0. The Hall–Kier alpha value is -2.88. The molecule has 4 rings (SSSR count). The fraction of sp³-hybridized carbons (Fsp3) is 0. The Morgan fingerprint density at radius 2 is 1.78 bits per heavy atom. The molecule has 0 aliphatic carbocycles. The lowest BCUT2D eigenvalue weighted by Gasteiger charge is -1.99. The lowest BCUT2D eigenvalue weighted by atomic mass is 10.2. The molecule has 0 radical (unpaired) electrons. The van der Waals surface area contributed by atoms with Crippen molar-refractivity contribution in [2.45, 2.75) is 0 Å². The summed E-state index contributed by atoms with van der Waals surface area (Å²) in [5.41, 5.74) is 0.565. The molecule has 0 aliphatic rings. The van der Waals surface area contributed by atoms with Crippen LogP contribution in [0.4, 0.5) is 13.2 Å². The molecule has 10 heteroatoms. The van der Waals surface area contributed by atoms with Gasteiger partial charge in [-0.2, -0.15) is 9.61 Å². The number of nitrogens with zero attached hydrogens (tertiary/aromatic N) is 6. The lowest BCUT2D eigenvalue weighted by Crippen LogP contribution is -1.95. The maximum atomic E-state index is 13.4. The number of fused-ring (bicyclic) bond motifs is 1. The van der Waals surface area contributed by atoms with Crippen LogP contribution in [-0.4, -0.2) is 29.8 Å². The van der Waals surface area contributed by atoms with E-state index in [0.29, 0.717) is 16.5 Å². The molecule has 0 N–H and O–H groups in total. The van der Waals surface area contributed by atoms with Gasteiger partial charge in [0.15, 0.2) is 17.5 Å². The highest BCUT2D eigenvalue weighted by Crippen LogP contribution is 2.29. The second-order valence-corrected chi connectivity index (χ2v) is 5.43. The van der Waals surface area contributed by atoms with Crippen LogP contribution < -0.4 is 0 Å². The summed E-state index contributed by atoms with van der Waals surface area (Å²) < 4.78 is 41.2. The summed E-state index contributed by atoms with van der Waals surface area (Å²) >= 11 is 1.06. The van der Waals surface area contributed by atoms with Gasteiger partial charge in [-0.15, -0.1) is 10.2 Å². The van der Waals surface area contributed by atoms with Crippen LogP contribution in [0.2, 0.25) is 0 Å². The Morgan fingerprint density at radius 1 is 1.00 bits per heavy atom. The van der Waals surface area contributed by atoms with Crippen molar-refractivity contribution in [3.05, 3.63) is 48.2 Å². The van der Waals surface area contributed by atoms with E-state index in [1.807, 2.05) is 0 Å². The molecular weight excluding hydrogens is 329 g/mol. The highest BCUT2D eigenvalue weighted by Gasteiger charge is 2.18. The minimum absolute atomic E-state index is 0.113. The van der Waals surface area contributed by atoms with Crippen molar-refractivity contribution < 1.29 is 13.2 Å². The van der Waals surface area contributed by atoms with Crippen molar-refractivity contribution in [3.8, 4) is 22.1 Å². The molecule has 0 bridgehead atoms. The van der Waals surface area contributed by atoms with Gasteiger partial charge in [0, 0.05) is 18.0 Å². The maximum Gasteiger partial charge on any atom is 0.235 e. The Labute approximate surface area is 130 Å². The van der Waals surface area contributed by atoms with Gasteiger partial charge in [-0.05, 0) is 12.1 Å². The van der Waals surface area contributed by atoms with Crippen LogP contribution >= 0.6 is 11.3 Å².